The third-order valence-corrected chi connectivity index (χ3v) is 12.1. The fourth-order valence-electron chi connectivity index (χ4n) is 5.54. The van der Waals surface area contributed by atoms with E-state index in [1.54, 1.807) is 0 Å². The zero-order chi connectivity index (χ0) is 26.4. The van der Waals surface area contributed by atoms with Crippen LogP contribution in [0.5, 0.6) is 11.5 Å². The number of unbranched alkanes of at least 4 members (excludes halogenated alkanes) is 7. The van der Waals surface area contributed by atoms with E-state index in [-0.39, 0.29) is 0 Å². The summed E-state index contributed by atoms with van der Waals surface area (Å²) in [5.74, 6) is 1.95. The SMILES string of the molecule is CCCCCCCCCCN(P1Oc2ccccc2-c2ccccc21)P1Oc2ccccc2-c2ccccc21. The second-order valence-electron chi connectivity index (χ2n) is 10.3. The minimum absolute atomic E-state index is 0.958. The van der Waals surface area contributed by atoms with Crippen molar-refractivity contribution < 1.29 is 9.05 Å². The van der Waals surface area contributed by atoms with Crippen LogP contribution in [0.4, 0.5) is 0 Å². The average Bonchev–Trinajstić information content (AvgIpc) is 3.00. The monoisotopic (exact) mass is 553 g/mol. The lowest BCUT2D eigenvalue weighted by Crippen LogP contribution is -2.32. The Morgan fingerprint density at radius 1 is 0.487 bits per heavy atom. The molecule has 2 aliphatic heterocycles. The Bertz CT molecular complexity index is 1310. The number of hydrogen-bond acceptors (Lipinski definition) is 3. The number of para-hydroxylation sites is 2. The summed E-state index contributed by atoms with van der Waals surface area (Å²) < 4.78 is 16.4. The van der Waals surface area contributed by atoms with Gasteiger partial charge in [0.05, 0.1) is 0 Å². The van der Waals surface area contributed by atoms with Crippen LogP contribution in [-0.4, -0.2) is 11.0 Å². The lowest BCUT2D eigenvalue weighted by molar-refractivity contribution is 0.490. The molecule has 0 N–H and O–H groups in total. The molecule has 0 saturated heterocycles. The fraction of sp³-hybridized carbons (Fsp3) is 0.294. The molecule has 0 aliphatic carbocycles. The van der Waals surface area contributed by atoms with E-state index < -0.39 is 16.6 Å². The first-order valence-corrected chi connectivity index (χ1v) is 16.9. The lowest BCUT2D eigenvalue weighted by atomic mass is 10.0. The van der Waals surface area contributed by atoms with E-state index in [4.69, 9.17) is 9.05 Å². The van der Waals surface area contributed by atoms with Gasteiger partial charge in [-0.25, -0.2) is 0 Å². The van der Waals surface area contributed by atoms with Crippen LogP contribution in [0, 0.1) is 0 Å². The summed E-state index contributed by atoms with van der Waals surface area (Å²) in [6.07, 6.45) is 10.4. The first-order chi connectivity index (χ1) is 19.3. The maximum atomic E-state index is 6.93. The first-order valence-electron chi connectivity index (χ1n) is 14.5. The number of hydrogen-bond donors (Lipinski definition) is 0. The molecule has 0 amide bonds. The molecule has 0 radical (unpaired) electrons. The van der Waals surface area contributed by atoms with Crippen molar-refractivity contribution in [1.29, 1.82) is 0 Å². The van der Waals surface area contributed by atoms with Crippen molar-refractivity contribution in [2.75, 3.05) is 6.54 Å². The Hall–Kier alpha value is -2.70. The predicted molar refractivity (Wildman–Crippen MR) is 167 cm³/mol. The first kappa shape index (κ1) is 26.5. The van der Waals surface area contributed by atoms with Gasteiger partial charge in [-0.1, -0.05) is 125 Å². The quantitative estimate of drug-likeness (QED) is 0.136. The van der Waals surface area contributed by atoms with Gasteiger partial charge in [-0.2, -0.15) is 4.44 Å². The molecule has 200 valence electrons. The lowest BCUT2D eigenvalue weighted by Gasteiger charge is -2.41. The summed E-state index contributed by atoms with van der Waals surface area (Å²) in [5, 5.41) is 2.57. The standard InChI is InChI=1S/C34H37NO2P2/c1-2-3-4-5-6-7-8-17-26-35(38-33-24-15-11-20-29(33)27-18-9-13-22-31(27)36-38)39-34-25-16-12-21-30(34)28-19-10-14-23-32(28)37-39/h9-16,18-25H,2-8,17,26H2,1H3. The molecule has 0 saturated carbocycles. The smallest absolute Gasteiger partial charge is 0.204 e. The summed E-state index contributed by atoms with van der Waals surface area (Å²) in [4.78, 5) is 0. The second kappa shape index (κ2) is 12.6. The summed E-state index contributed by atoms with van der Waals surface area (Å²) in [6.45, 7) is 3.24. The Morgan fingerprint density at radius 2 is 0.897 bits per heavy atom. The zero-order valence-electron chi connectivity index (χ0n) is 22.8. The molecule has 2 heterocycles. The summed E-state index contributed by atoms with van der Waals surface area (Å²) in [7, 11) is -2.14. The Labute approximate surface area is 236 Å². The Balaban J connectivity index is 1.32. The van der Waals surface area contributed by atoms with E-state index in [0.29, 0.717) is 0 Å². The topological polar surface area (TPSA) is 21.7 Å². The van der Waals surface area contributed by atoms with Crippen LogP contribution in [0.2, 0.25) is 0 Å². The number of benzene rings is 4. The van der Waals surface area contributed by atoms with Crippen LogP contribution in [0.1, 0.15) is 58.3 Å². The van der Waals surface area contributed by atoms with Crippen molar-refractivity contribution in [2.24, 2.45) is 0 Å². The zero-order valence-corrected chi connectivity index (χ0v) is 24.5. The van der Waals surface area contributed by atoms with Gasteiger partial charge in [0.15, 0.2) is 0 Å². The molecule has 2 atom stereocenters. The molecule has 0 fully saturated rings. The number of rotatable bonds is 11. The van der Waals surface area contributed by atoms with Crippen molar-refractivity contribution in [3.05, 3.63) is 97.1 Å². The van der Waals surface area contributed by atoms with Crippen LogP contribution in [-0.2, 0) is 0 Å². The predicted octanol–water partition coefficient (Wildman–Crippen LogP) is 9.82. The van der Waals surface area contributed by atoms with Crippen LogP contribution in [0.15, 0.2) is 97.1 Å². The van der Waals surface area contributed by atoms with Gasteiger partial charge in [0.1, 0.15) is 11.5 Å². The van der Waals surface area contributed by atoms with Gasteiger partial charge in [-0.15, -0.1) is 0 Å². The van der Waals surface area contributed by atoms with E-state index in [1.165, 1.54) is 77.8 Å². The van der Waals surface area contributed by atoms with E-state index in [9.17, 15) is 0 Å². The molecule has 6 rings (SSSR count). The largest absolute Gasteiger partial charge is 0.453 e. The fourth-order valence-corrected chi connectivity index (χ4v) is 10.4. The highest BCUT2D eigenvalue weighted by atomic mass is 31.2. The molecule has 0 aromatic heterocycles. The molecule has 3 nitrogen and oxygen atoms in total. The molecule has 2 aliphatic rings. The van der Waals surface area contributed by atoms with Gasteiger partial charge in [0, 0.05) is 28.3 Å². The molecular weight excluding hydrogens is 516 g/mol. The van der Waals surface area contributed by atoms with E-state index >= 15 is 0 Å². The van der Waals surface area contributed by atoms with Crippen molar-refractivity contribution in [1.82, 2.24) is 4.44 Å². The molecule has 39 heavy (non-hydrogen) atoms. The molecule has 0 bridgehead atoms. The summed E-state index contributed by atoms with van der Waals surface area (Å²) >= 11 is 0. The van der Waals surface area contributed by atoms with E-state index in [2.05, 4.69) is 108 Å². The number of nitrogens with zero attached hydrogens (tertiary/aromatic N) is 1. The van der Waals surface area contributed by atoms with Gasteiger partial charge in [-0.05, 0) is 41.8 Å². The maximum absolute atomic E-state index is 6.93. The van der Waals surface area contributed by atoms with Gasteiger partial charge in [0.25, 0.3) is 0 Å². The second-order valence-corrected chi connectivity index (χ2v) is 14.0. The third kappa shape index (κ3) is 5.64. The van der Waals surface area contributed by atoms with Crippen molar-refractivity contribution in [3.63, 3.8) is 0 Å². The highest BCUT2D eigenvalue weighted by Gasteiger charge is 2.40. The molecule has 2 unspecified atom stereocenters. The summed E-state index contributed by atoms with van der Waals surface area (Å²) in [6, 6.07) is 34.6. The van der Waals surface area contributed by atoms with Gasteiger partial charge in [-0.3, -0.25) is 0 Å². The Morgan fingerprint density at radius 3 is 1.41 bits per heavy atom. The molecule has 4 aromatic carbocycles. The van der Waals surface area contributed by atoms with Crippen LogP contribution in [0.3, 0.4) is 0 Å². The van der Waals surface area contributed by atoms with E-state index in [0.717, 1.165) is 24.5 Å². The number of fused-ring (bicyclic) bond motifs is 6. The van der Waals surface area contributed by atoms with Crippen LogP contribution in [0.25, 0.3) is 22.3 Å². The minimum atomic E-state index is -1.07. The van der Waals surface area contributed by atoms with Gasteiger partial charge < -0.3 is 9.05 Å². The van der Waals surface area contributed by atoms with Crippen LogP contribution >= 0.6 is 16.6 Å². The molecule has 4 aromatic rings. The third-order valence-electron chi connectivity index (χ3n) is 7.58. The van der Waals surface area contributed by atoms with Crippen molar-refractivity contribution in [2.45, 2.75) is 58.3 Å². The average molecular weight is 554 g/mol. The minimum Gasteiger partial charge on any atom is -0.453 e. The maximum Gasteiger partial charge on any atom is 0.204 e. The molecular formula is C34H37NO2P2. The van der Waals surface area contributed by atoms with Crippen molar-refractivity contribution >= 4 is 27.2 Å². The van der Waals surface area contributed by atoms with Crippen LogP contribution < -0.4 is 19.7 Å². The highest BCUT2D eigenvalue weighted by molar-refractivity contribution is 7.74. The summed E-state index contributed by atoms with van der Waals surface area (Å²) in [5.41, 5.74) is 4.93. The Kier molecular flexibility index (Phi) is 8.60. The molecule has 0 spiro atoms. The normalized spacial score (nSPS) is 16.9. The van der Waals surface area contributed by atoms with Gasteiger partial charge in [0.2, 0.25) is 16.6 Å². The highest BCUT2D eigenvalue weighted by Crippen LogP contribution is 2.62. The van der Waals surface area contributed by atoms with Gasteiger partial charge >= 0.3 is 0 Å². The van der Waals surface area contributed by atoms with E-state index in [1.807, 2.05) is 0 Å². The molecule has 5 heteroatoms. The van der Waals surface area contributed by atoms with Crippen molar-refractivity contribution in [3.8, 4) is 33.8 Å².